The minimum Gasteiger partial charge on any atom is -0.444 e. The fraction of sp³-hybridized carbons (Fsp3) is 0.308. The van der Waals surface area contributed by atoms with E-state index in [0.717, 1.165) is 5.69 Å². The zero-order chi connectivity index (χ0) is 12.1. The van der Waals surface area contributed by atoms with Gasteiger partial charge in [-0.2, -0.15) is 0 Å². The Balaban J connectivity index is 0. The maximum absolute atomic E-state index is 5.00. The van der Waals surface area contributed by atoms with Crippen molar-refractivity contribution in [3.63, 3.8) is 0 Å². The molecule has 0 bridgehead atoms. The van der Waals surface area contributed by atoms with Crippen molar-refractivity contribution >= 4 is 12.2 Å². The van der Waals surface area contributed by atoms with Gasteiger partial charge in [0.2, 0.25) is 0 Å². The highest BCUT2D eigenvalue weighted by Gasteiger charge is 1.97. The third kappa shape index (κ3) is 6.49. The first-order valence-corrected chi connectivity index (χ1v) is 5.23. The highest BCUT2D eigenvalue weighted by atomic mass is 16.3. The molecule has 2 nitrogen and oxygen atoms in total. The quantitative estimate of drug-likeness (QED) is 0.678. The van der Waals surface area contributed by atoms with Crippen molar-refractivity contribution in [2.45, 2.75) is 27.7 Å². The van der Waals surface area contributed by atoms with Crippen LogP contribution >= 0.6 is 0 Å². The summed E-state index contributed by atoms with van der Waals surface area (Å²) in [4.78, 5) is 3.95. The summed E-state index contributed by atoms with van der Waals surface area (Å²) in [5.74, 6) is 0.683. The van der Waals surface area contributed by atoms with Gasteiger partial charge in [0, 0.05) is 0 Å². The van der Waals surface area contributed by atoms with Gasteiger partial charge in [-0.3, -0.25) is 0 Å². The normalized spacial score (nSPS) is 8.27. The highest BCUT2D eigenvalue weighted by molar-refractivity contribution is 5.57. The number of aromatic nitrogens is 1. The molecule has 1 aromatic heterocycles. The lowest BCUT2D eigenvalue weighted by molar-refractivity contribution is 0.548. The Morgan fingerprint density at radius 2 is 1.80 bits per heavy atom. The van der Waals surface area contributed by atoms with E-state index in [0.29, 0.717) is 5.76 Å². The first kappa shape index (κ1) is 15.9. The summed E-state index contributed by atoms with van der Waals surface area (Å²) in [5, 5.41) is 0. The molecule has 0 unspecified atom stereocenters. The highest BCUT2D eigenvalue weighted by Crippen LogP contribution is 2.09. The SMILES string of the molecule is C=C/C=C\c1ncoc1C=C.CC.CC. The van der Waals surface area contributed by atoms with Crippen molar-refractivity contribution in [3.8, 4) is 0 Å². The molecule has 0 aliphatic carbocycles. The molecule has 0 aliphatic heterocycles. The van der Waals surface area contributed by atoms with Crippen molar-refractivity contribution in [1.82, 2.24) is 4.98 Å². The smallest absolute Gasteiger partial charge is 0.181 e. The molecular weight excluding hydrogens is 186 g/mol. The second-order valence-corrected chi connectivity index (χ2v) is 1.90. The molecule has 0 fully saturated rings. The van der Waals surface area contributed by atoms with E-state index < -0.39 is 0 Å². The number of allylic oxidation sites excluding steroid dienone is 2. The Morgan fingerprint density at radius 3 is 2.27 bits per heavy atom. The summed E-state index contributed by atoms with van der Waals surface area (Å²) in [6.07, 6.45) is 8.30. The average molecular weight is 207 g/mol. The first-order chi connectivity index (χ1) is 7.38. The molecule has 0 aliphatic rings. The Morgan fingerprint density at radius 1 is 1.20 bits per heavy atom. The molecule has 0 radical (unpaired) electrons. The summed E-state index contributed by atoms with van der Waals surface area (Å²) in [6.45, 7) is 15.1. The largest absolute Gasteiger partial charge is 0.444 e. The summed E-state index contributed by atoms with van der Waals surface area (Å²) in [7, 11) is 0. The summed E-state index contributed by atoms with van der Waals surface area (Å²) < 4.78 is 5.00. The van der Waals surface area contributed by atoms with Crippen LogP contribution in [-0.2, 0) is 0 Å². The van der Waals surface area contributed by atoms with Crippen LogP contribution in [-0.4, -0.2) is 4.98 Å². The molecular formula is C13H21NO. The molecule has 2 heteroatoms. The van der Waals surface area contributed by atoms with Crippen molar-refractivity contribution in [1.29, 1.82) is 0 Å². The third-order valence-corrected chi connectivity index (χ3v) is 1.20. The van der Waals surface area contributed by atoms with Crippen LogP contribution in [0.3, 0.4) is 0 Å². The molecule has 15 heavy (non-hydrogen) atoms. The molecule has 0 atom stereocenters. The molecule has 84 valence electrons. The molecule has 1 rings (SSSR count). The monoisotopic (exact) mass is 207 g/mol. The van der Waals surface area contributed by atoms with Crippen LogP contribution in [0.2, 0.25) is 0 Å². The number of rotatable bonds is 3. The first-order valence-electron chi connectivity index (χ1n) is 5.23. The second-order valence-electron chi connectivity index (χ2n) is 1.90. The van der Waals surface area contributed by atoms with Crippen LogP contribution in [0.5, 0.6) is 0 Å². The fourth-order valence-corrected chi connectivity index (χ4v) is 0.701. The molecule has 0 N–H and O–H groups in total. The molecule has 0 saturated carbocycles. The lowest BCUT2D eigenvalue weighted by atomic mass is 10.3. The lowest BCUT2D eigenvalue weighted by Gasteiger charge is -1.83. The van der Waals surface area contributed by atoms with Gasteiger partial charge in [-0.15, -0.1) is 0 Å². The number of oxazole rings is 1. The van der Waals surface area contributed by atoms with Crippen molar-refractivity contribution in [3.05, 3.63) is 43.2 Å². The van der Waals surface area contributed by atoms with Crippen molar-refractivity contribution in [2.24, 2.45) is 0 Å². The molecule has 0 spiro atoms. The van der Waals surface area contributed by atoms with E-state index in [2.05, 4.69) is 18.1 Å². The standard InChI is InChI=1S/C9H9NO.2C2H6/c1-3-5-6-8-9(4-2)11-7-10-8;2*1-2/h3-7H,1-2H2;2*1-2H3/b6-5-;;. The maximum atomic E-state index is 5.00. The summed E-state index contributed by atoms with van der Waals surface area (Å²) >= 11 is 0. The Labute approximate surface area is 93.0 Å². The third-order valence-electron chi connectivity index (χ3n) is 1.20. The second kappa shape index (κ2) is 12.4. The van der Waals surface area contributed by atoms with Gasteiger partial charge in [0.05, 0.1) is 0 Å². The van der Waals surface area contributed by atoms with Gasteiger partial charge in [0.25, 0.3) is 0 Å². The predicted octanol–water partition coefficient (Wildman–Crippen LogP) is 4.57. The fourth-order valence-electron chi connectivity index (χ4n) is 0.701. The van der Waals surface area contributed by atoms with Gasteiger partial charge in [-0.25, -0.2) is 4.98 Å². The van der Waals surface area contributed by atoms with Crippen LogP contribution in [0.25, 0.3) is 12.2 Å². The molecule has 0 amide bonds. The van der Waals surface area contributed by atoms with Gasteiger partial charge < -0.3 is 4.42 Å². The van der Waals surface area contributed by atoms with E-state index in [4.69, 9.17) is 4.42 Å². The zero-order valence-electron chi connectivity index (χ0n) is 10.2. The Kier molecular flexibility index (Phi) is 13.2. The zero-order valence-corrected chi connectivity index (χ0v) is 10.2. The predicted molar refractivity (Wildman–Crippen MR) is 68.5 cm³/mol. The Hall–Kier alpha value is -1.57. The molecule has 1 aromatic rings. The van der Waals surface area contributed by atoms with Gasteiger partial charge >= 0.3 is 0 Å². The summed E-state index contributed by atoms with van der Waals surface area (Å²) in [5.41, 5.74) is 0.778. The van der Waals surface area contributed by atoms with E-state index in [1.165, 1.54) is 6.39 Å². The molecule has 0 aromatic carbocycles. The van der Waals surface area contributed by atoms with Gasteiger partial charge in [0.1, 0.15) is 5.69 Å². The minimum absolute atomic E-state index is 0.683. The van der Waals surface area contributed by atoms with Crippen LogP contribution in [0.4, 0.5) is 0 Å². The van der Waals surface area contributed by atoms with Crippen LogP contribution in [0, 0.1) is 0 Å². The topological polar surface area (TPSA) is 26.0 Å². The van der Waals surface area contributed by atoms with E-state index in [9.17, 15) is 0 Å². The number of hydrogen-bond acceptors (Lipinski definition) is 2. The van der Waals surface area contributed by atoms with Crippen LogP contribution in [0.1, 0.15) is 39.1 Å². The van der Waals surface area contributed by atoms with Gasteiger partial charge in [-0.1, -0.05) is 53.0 Å². The average Bonchev–Trinajstić information content (AvgIpc) is 2.79. The molecule has 1 heterocycles. The van der Waals surface area contributed by atoms with Crippen LogP contribution < -0.4 is 0 Å². The van der Waals surface area contributed by atoms with E-state index in [-0.39, 0.29) is 0 Å². The van der Waals surface area contributed by atoms with Gasteiger partial charge in [0.15, 0.2) is 12.2 Å². The lowest BCUT2D eigenvalue weighted by Crippen LogP contribution is -1.72. The van der Waals surface area contributed by atoms with E-state index in [1.54, 1.807) is 18.2 Å². The number of hydrogen-bond donors (Lipinski definition) is 0. The maximum Gasteiger partial charge on any atom is 0.181 e. The van der Waals surface area contributed by atoms with Crippen molar-refractivity contribution < 1.29 is 4.42 Å². The number of nitrogens with zero attached hydrogens (tertiary/aromatic N) is 1. The van der Waals surface area contributed by atoms with Gasteiger partial charge in [-0.05, 0) is 12.2 Å². The van der Waals surface area contributed by atoms with E-state index in [1.807, 2.05) is 33.8 Å². The van der Waals surface area contributed by atoms with Crippen molar-refractivity contribution in [2.75, 3.05) is 0 Å². The van der Waals surface area contributed by atoms with Crippen LogP contribution in [0.15, 0.2) is 36.1 Å². The minimum atomic E-state index is 0.683. The summed E-state index contributed by atoms with van der Waals surface area (Å²) in [6, 6.07) is 0. The molecule has 0 saturated heterocycles. The van der Waals surface area contributed by atoms with E-state index >= 15 is 0 Å². The Bertz CT molecular complexity index is 284.